The van der Waals surface area contributed by atoms with Crippen LogP contribution in [0.15, 0.2) is 28.4 Å². The lowest BCUT2D eigenvalue weighted by atomic mass is 10.3. The molecule has 8 heteroatoms. The van der Waals surface area contributed by atoms with Gasteiger partial charge in [0.25, 0.3) is 0 Å². The molecule has 2 aromatic heterocycles. The second kappa shape index (κ2) is 7.11. The molecule has 1 aliphatic carbocycles. The summed E-state index contributed by atoms with van der Waals surface area (Å²) in [6.07, 6.45) is 4.25. The quantitative estimate of drug-likeness (QED) is 0.621. The van der Waals surface area contributed by atoms with Crippen molar-refractivity contribution in [3.63, 3.8) is 0 Å². The molecule has 0 aromatic carbocycles. The monoisotopic (exact) mass is 327 g/mol. The second-order valence-corrected chi connectivity index (χ2v) is 5.73. The fraction of sp³-hybridized carbons (Fsp3) is 0.462. The van der Waals surface area contributed by atoms with Crippen LogP contribution >= 0.6 is 24.2 Å². The minimum atomic E-state index is 0. The Morgan fingerprint density at radius 2 is 2.29 bits per heavy atom. The topological polar surface area (TPSA) is 82.8 Å². The lowest BCUT2D eigenvalue weighted by Gasteiger charge is -2.04. The van der Waals surface area contributed by atoms with E-state index in [4.69, 9.17) is 10.3 Å². The van der Waals surface area contributed by atoms with E-state index in [9.17, 15) is 0 Å². The zero-order valence-electron chi connectivity index (χ0n) is 11.6. The van der Waals surface area contributed by atoms with Crippen LogP contribution in [0.3, 0.4) is 0 Å². The number of thioether (sulfide) groups is 1. The number of halogens is 1. The third kappa shape index (κ3) is 3.66. The van der Waals surface area contributed by atoms with Crippen molar-refractivity contribution in [1.82, 2.24) is 19.9 Å². The predicted octanol–water partition coefficient (Wildman–Crippen LogP) is 2.50. The molecule has 21 heavy (non-hydrogen) atoms. The molecule has 2 heterocycles. The van der Waals surface area contributed by atoms with Crippen molar-refractivity contribution in [2.45, 2.75) is 42.8 Å². The Morgan fingerprint density at radius 1 is 1.48 bits per heavy atom. The smallest absolute Gasteiger partial charge is 0.191 e. The summed E-state index contributed by atoms with van der Waals surface area (Å²) < 4.78 is 7.31. The molecule has 0 saturated heterocycles. The van der Waals surface area contributed by atoms with Gasteiger partial charge in [-0.05, 0) is 12.8 Å². The van der Waals surface area contributed by atoms with Gasteiger partial charge >= 0.3 is 0 Å². The Labute approximate surface area is 133 Å². The minimum Gasteiger partial charge on any atom is -0.361 e. The van der Waals surface area contributed by atoms with E-state index < -0.39 is 0 Å². The van der Waals surface area contributed by atoms with Gasteiger partial charge < -0.3 is 14.8 Å². The van der Waals surface area contributed by atoms with Gasteiger partial charge in [0.15, 0.2) is 5.16 Å². The highest BCUT2D eigenvalue weighted by atomic mass is 35.5. The van der Waals surface area contributed by atoms with Gasteiger partial charge in [-0.1, -0.05) is 23.0 Å². The first-order valence-corrected chi connectivity index (χ1v) is 7.61. The largest absolute Gasteiger partial charge is 0.361 e. The lowest BCUT2D eigenvalue weighted by molar-refractivity contribution is 0.380. The fourth-order valence-electron chi connectivity index (χ4n) is 1.98. The van der Waals surface area contributed by atoms with Gasteiger partial charge in [0.05, 0.1) is 12.2 Å². The lowest BCUT2D eigenvalue weighted by Crippen LogP contribution is -2.08. The number of hydrogen-bond acceptors (Lipinski definition) is 6. The van der Waals surface area contributed by atoms with Crippen LogP contribution in [0.1, 0.15) is 36.0 Å². The van der Waals surface area contributed by atoms with E-state index in [1.54, 1.807) is 11.8 Å². The highest BCUT2D eigenvalue weighted by Crippen LogP contribution is 2.40. The zero-order chi connectivity index (χ0) is 13.9. The molecular formula is C13H18ClN5OS. The molecule has 1 saturated carbocycles. The van der Waals surface area contributed by atoms with Crippen LogP contribution in [0.2, 0.25) is 0 Å². The van der Waals surface area contributed by atoms with Crippen LogP contribution in [0.5, 0.6) is 0 Å². The van der Waals surface area contributed by atoms with Crippen molar-refractivity contribution in [1.29, 1.82) is 0 Å². The van der Waals surface area contributed by atoms with E-state index in [1.165, 1.54) is 12.8 Å². The molecular weight excluding hydrogens is 310 g/mol. The summed E-state index contributed by atoms with van der Waals surface area (Å²) in [5.41, 5.74) is 6.59. The Balaban J connectivity index is 0.00000161. The van der Waals surface area contributed by atoms with Crippen molar-refractivity contribution in [3.8, 4) is 0 Å². The van der Waals surface area contributed by atoms with Crippen molar-refractivity contribution in [2.75, 3.05) is 0 Å². The SMILES string of the molecule is C=CCn1c(CN)nnc1SCc1cc(C2CC2)on1.Cl. The predicted molar refractivity (Wildman–Crippen MR) is 83.4 cm³/mol. The number of nitrogens with two attached hydrogens (primary N) is 1. The molecule has 114 valence electrons. The summed E-state index contributed by atoms with van der Waals surface area (Å²) >= 11 is 1.59. The van der Waals surface area contributed by atoms with E-state index >= 15 is 0 Å². The van der Waals surface area contributed by atoms with E-state index in [0.29, 0.717) is 19.0 Å². The molecule has 0 amide bonds. The number of allylic oxidation sites excluding steroid dienone is 1. The number of hydrogen-bond donors (Lipinski definition) is 1. The van der Waals surface area contributed by atoms with E-state index in [1.807, 2.05) is 16.7 Å². The zero-order valence-corrected chi connectivity index (χ0v) is 13.2. The van der Waals surface area contributed by atoms with Gasteiger partial charge in [-0.25, -0.2) is 0 Å². The molecule has 2 aromatic rings. The third-order valence-corrected chi connectivity index (χ3v) is 4.19. The third-order valence-electron chi connectivity index (χ3n) is 3.19. The first-order valence-electron chi connectivity index (χ1n) is 6.63. The van der Waals surface area contributed by atoms with Crippen molar-refractivity contribution >= 4 is 24.2 Å². The number of nitrogens with zero attached hydrogens (tertiary/aromatic N) is 4. The van der Waals surface area contributed by atoms with Gasteiger partial charge in [-0.3, -0.25) is 0 Å². The molecule has 6 nitrogen and oxygen atoms in total. The number of aromatic nitrogens is 4. The Bertz CT molecular complexity index is 607. The molecule has 0 bridgehead atoms. The molecule has 2 N–H and O–H groups in total. The highest BCUT2D eigenvalue weighted by Gasteiger charge is 2.27. The maximum Gasteiger partial charge on any atom is 0.191 e. The van der Waals surface area contributed by atoms with Gasteiger partial charge in [0, 0.05) is 24.3 Å². The standard InChI is InChI=1S/C13H17N5OS.ClH/c1-2-5-18-12(7-14)15-16-13(18)20-8-10-6-11(19-17-10)9-3-4-9;/h2,6,9H,1,3-5,7-8,14H2;1H. The normalized spacial score (nSPS) is 14.0. The molecule has 0 radical (unpaired) electrons. The van der Waals surface area contributed by atoms with Crippen LogP contribution in [0.4, 0.5) is 0 Å². The molecule has 0 spiro atoms. The average molecular weight is 328 g/mol. The summed E-state index contributed by atoms with van der Waals surface area (Å²) in [5.74, 6) is 3.09. The maximum atomic E-state index is 5.65. The van der Waals surface area contributed by atoms with Crippen LogP contribution < -0.4 is 5.73 Å². The van der Waals surface area contributed by atoms with Crippen molar-refractivity contribution in [3.05, 3.63) is 36.0 Å². The van der Waals surface area contributed by atoms with Gasteiger partial charge in [-0.2, -0.15) is 0 Å². The Kier molecular flexibility index (Phi) is 5.44. The summed E-state index contributed by atoms with van der Waals surface area (Å²) in [7, 11) is 0. The van der Waals surface area contributed by atoms with Gasteiger partial charge in [0.1, 0.15) is 11.6 Å². The van der Waals surface area contributed by atoms with Gasteiger partial charge in [-0.15, -0.1) is 29.2 Å². The Morgan fingerprint density at radius 3 is 2.95 bits per heavy atom. The first-order chi connectivity index (χ1) is 9.81. The van der Waals surface area contributed by atoms with Crippen molar-refractivity contribution < 1.29 is 4.52 Å². The fourth-order valence-corrected chi connectivity index (χ4v) is 2.83. The second-order valence-electron chi connectivity index (χ2n) is 4.79. The maximum absolute atomic E-state index is 5.65. The number of rotatable bonds is 7. The van der Waals surface area contributed by atoms with E-state index in [2.05, 4.69) is 21.9 Å². The van der Waals surface area contributed by atoms with Crippen LogP contribution in [0, 0.1) is 0 Å². The molecule has 0 atom stereocenters. The summed E-state index contributed by atoms with van der Waals surface area (Å²) in [6, 6.07) is 2.04. The van der Waals surface area contributed by atoms with Gasteiger partial charge in [0.2, 0.25) is 0 Å². The minimum absolute atomic E-state index is 0. The molecule has 0 unspecified atom stereocenters. The van der Waals surface area contributed by atoms with Crippen LogP contribution in [0.25, 0.3) is 0 Å². The van der Waals surface area contributed by atoms with E-state index in [-0.39, 0.29) is 12.4 Å². The van der Waals surface area contributed by atoms with E-state index in [0.717, 1.165) is 28.2 Å². The summed E-state index contributed by atoms with van der Waals surface area (Å²) in [5, 5.41) is 13.2. The average Bonchev–Trinajstić information content (AvgIpc) is 3.08. The molecule has 0 aliphatic heterocycles. The highest BCUT2D eigenvalue weighted by molar-refractivity contribution is 7.98. The first kappa shape index (κ1) is 16.1. The van der Waals surface area contributed by atoms with Crippen molar-refractivity contribution in [2.24, 2.45) is 5.73 Å². The molecule has 3 rings (SSSR count). The summed E-state index contributed by atoms with van der Waals surface area (Å²) in [6.45, 7) is 4.78. The summed E-state index contributed by atoms with van der Waals surface area (Å²) in [4.78, 5) is 0. The van der Waals surface area contributed by atoms with Crippen LogP contribution in [-0.4, -0.2) is 19.9 Å². The Hall–Kier alpha value is -1.31. The molecule has 1 fully saturated rings. The molecule has 1 aliphatic rings. The van der Waals surface area contributed by atoms with Crippen LogP contribution in [-0.2, 0) is 18.8 Å².